The summed E-state index contributed by atoms with van der Waals surface area (Å²) in [5, 5.41) is 14.2. The largest absolute Gasteiger partial charge is 0.411 e. The Bertz CT molecular complexity index is 496. The van der Waals surface area contributed by atoms with Gasteiger partial charge in [0.1, 0.15) is 0 Å². The monoisotopic (exact) mass is 278 g/mol. The minimum atomic E-state index is -0.701. The molecule has 20 heavy (non-hydrogen) atoms. The van der Waals surface area contributed by atoms with Crippen LogP contribution in [-0.4, -0.2) is 35.8 Å². The van der Waals surface area contributed by atoms with Gasteiger partial charge in [-0.25, -0.2) is 0 Å². The highest BCUT2D eigenvalue weighted by molar-refractivity contribution is 5.81. The van der Waals surface area contributed by atoms with Gasteiger partial charge in [0.15, 0.2) is 11.9 Å². The number of oxime groups is 1. The summed E-state index contributed by atoms with van der Waals surface area (Å²) in [6, 6.07) is 7.32. The first-order valence-electron chi connectivity index (χ1n) is 6.36. The zero-order valence-electron chi connectivity index (χ0n) is 11.5. The van der Waals surface area contributed by atoms with E-state index in [2.05, 4.69) is 10.5 Å². The van der Waals surface area contributed by atoms with Crippen molar-refractivity contribution in [1.82, 2.24) is 5.32 Å². The molecule has 0 aliphatic carbocycles. The lowest BCUT2D eigenvalue weighted by atomic mass is 10.1. The van der Waals surface area contributed by atoms with E-state index in [4.69, 9.17) is 14.7 Å². The van der Waals surface area contributed by atoms with Gasteiger partial charge >= 0.3 is 0 Å². The second-order valence-corrected chi connectivity index (χ2v) is 5.02. The van der Waals surface area contributed by atoms with Crippen molar-refractivity contribution in [3.63, 3.8) is 0 Å². The number of ether oxygens (including phenoxy) is 2. The topological polar surface area (TPSA) is 80.2 Å². The average molecular weight is 278 g/mol. The molecule has 0 spiro atoms. The first kappa shape index (κ1) is 14.5. The maximum atomic E-state index is 11.9. The fourth-order valence-corrected chi connectivity index (χ4v) is 1.91. The van der Waals surface area contributed by atoms with Crippen molar-refractivity contribution in [3.05, 3.63) is 35.4 Å². The molecule has 1 aromatic carbocycles. The van der Waals surface area contributed by atoms with Crippen molar-refractivity contribution in [2.24, 2.45) is 5.16 Å². The van der Waals surface area contributed by atoms with Gasteiger partial charge in [0.05, 0.1) is 12.8 Å². The molecule has 1 fully saturated rings. The Morgan fingerprint density at radius 2 is 2.20 bits per heavy atom. The fraction of sp³-hybridized carbons (Fsp3) is 0.429. The summed E-state index contributed by atoms with van der Waals surface area (Å²) >= 11 is 0. The van der Waals surface area contributed by atoms with Gasteiger partial charge in [-0.1, -0.05) is 29.4 Å². The highest BCUT2D eigenvalue weighted by atomic mass is 16.7. The number of carbonyl (C=O) groups is 1. The molecule has 1 heterocycles. The summed E-state index contributed by atoms with van der Waals surface area (Å²) in [5.41, 5.74) is 1.74. The lowest BCUT2D eigenvalue weighted by Gasteiger charge is -2.16. The van der Waals surface area contributed by atoms with Gasteiger partial charge in [-0.15, -0.1) is 0 Å². The number of hydrogen-bond acceptors (Lipinski definition) is 5. The van der Waals surface area contributed by atoms with E-state index < -0.39 is 11.9 Å². The minimum absolute atomic E-state index is 0.184. The number of hydrogen-bond donors (Lipinski definition) is 2. The zero-order chi connectivity index (χ0) is 14.6. The van der Waals surface area contributed by atoms with Gasteiger partial charge in [0.25, 0.3) is 5.91 Å². The highest BCUT2D eigenvalue weighted by Crippen LogP contribution is 2.22. The maximum Gasteiger partial charge on any atom is 0.251 e. The van der Waals surface area contributed by atoms with Gasteiger partial charge in [-0.3, -0.25) is 4.79 Å². The molecule has 1 unspecified atom stereocenters. The third-order valence-electron chi connectivity index (χ3n) is 2.95. The maximum absolute atomic E-state index is 11.9. The molecular formula is C14H18N2O4. The summed E-state index contributed by atoms with van der Waals surface area (Å²) in [6.45, 7) is 4.24. The first-order valence-corrected chi connectivity index (χ1v) is 6.36. The Hall–Kier alpha value is -1.92. The molecule has 6 heteroatoms. The minimum Gasteiger partial charge on any atom is -0.411 e. The van der Waals surface area contributed by atoms with Crippen LogP contribution < -0.4 is 5.32 Å². The molecule has 0 aromatic heterocycles. The Labute approximate surface area is 117 Å². The summed E-state index contributed by atoms with van der Waals surface area (Å²) in [6.07, 6.45) is 0.777. The molecule has 6 nitrogen and oxygen atoms in total. The zero-order valence-corrected chi connectivity index (χ0v) is 11.5. The molecule has 2 rings (SSSR count). The fourth-order valence-electron chi connectivity index (χ4n) is 1.91. The summed E-state index contributed by atoms with van der Waals surface area (Å²) in [4.78, 5) is 11.9. The third kappa shape index (κ3) is 3.79. The first-order chi connectivity index (χ1) is 9.50. The van der Waals surface area contributed by atoms with Crippen LogP contribution in [0, 0.1) is 0 Å². The standard InChI is InChI=1S/C14H18N2O4/c1-14(2)19-9-12(20-14)13(17)15-7-10-3-5-11(6-4-10)8-16-18/h3-6,8,12,18H,7,9H2,1-2H3,(H,15,17)/b16-8-. The van der Waals surface area contributed by atoms with Crippen LogP contribution in [0.3, 0.4) is 0 Å². The molecule has 1 aliphatic heterocycles. The molecule has 1 aliphatic rings. The molecule has 1 aromatic rings. The van der Waals surface area contributed by atoms with Gasteiger partial charge in [0, 0.05) is 6.54 Å². The number of carbonyl (C=O) groups excluding carboxylic acids is 1. The van der Waals surface area contributed by atoms with E-state index in [0.29, 0.717) is 6.54 Å². The SMILES string of the molecule is CC1(C)OCC(C(=O)NCc2ccc(/C=N\O)cc2)O1. The highest BCUT2D eigenvalue weighted by Gasteiger charge is 2.36. The Balaban J connectivity index is 1.84. The van der Waals surface area contributed by atoms with Crippen molar-refractivity contribution in [1.29, 1.82) is 0 Å². The van der Waals surface area contributed by atoms with Crippen LogP contribution in [-0.2, 0) is 20.8 Å². The molecule has 1 saturated heterocycles. The normalized spacial score (nSPS) is 21.2. The van der Waals surface area contributed by atoms with Crippen LogP contribution in [0.2, 0.25) is 0 Å². The van der Waals surface area contributed by atoms with Crippen LogP contribution in [0.4, 0.5) is 0 Å². The van der Waals surface area contributed by atoms with Crippen LogP contribution >= 0.6 is 0 Å². The number of amides is 1. The van der Waals surface area contributed by atoms with Crippen LogP contribution in [0.5, 0.6) is 0 Å². The van der Waals surface area contributed by atoms with Gasteiger partial charge in [-0.2, -0.15) is 0 Å². The number of nitrogens with one attached hydrogen (secondary N) is 1. The van der Waals surface area contributed by atoms with Crippen LogP contribution in [0.1, 0.15) is 25.0 Å². The summed E-state index contributed by atoms with van der Waals surface area (Å²) in [5.74, 6) is -0.885. The molecule has 2 N–H and O–H groups in total. The molecule has 0 saturated carbocycles. The molecule has 0 radical (unpaired) electrons. The number of rotatable bonds is 4. The molecule has 1 atom stereocenters. The van der Waals surface area contributed by atoms with E-state index in [-0.39, 0.29) is 12.5 Å². The van der Waals surface area contributed by atoms with Crippen LogP contribution in [0.15, 0.2) is 29.4 Å². The predicted molar refractivity (Wildman–Crippen MR) is 72.6 cm³/mol. The lowest BCUT2D eigenvalue weighted by Crippen LogP contribution is -2.36. The molecule has 1 amide bonds. The van der Waals surface area contributed by atoms with Gasteiger partial charge in [-0.05, 0) is 25.0 Å². The van der Waals surface area contributed by atoms with Gasteiger partial charge in [0.2, 0.25) is 0 Å². The summed E-state index contributed by atoms with van der Waals surface area (Å²) in [7, 11) is 0. The predicted octanol–water partition coefficient (Wildman–Crippen LogP) is 1.26. The van der Waals surface area contributed by atoms with Crippen molar-refractivity contribution in [2.45, 2.75) is 32.3 Å². The quantitative estimate of drug-likeness (QED) is 0.493. The second-order valence-electron chi connectivity index (χ2n) is 5.02. The van der Waals surface area contributed by atoms with E-state index in [1.165, 1.54) is 6.21 Å². The number of nitrogens with zero attached hydrogens (tertiary/aromatic N) is 1. The molecular weight excluding hydrogens is 260 g/mol. The molecule has 0 bridgehead atoms. The van der Waals surface area contributed by atoms with E-state index in [1.54, 1.807) is 26.0 Å². The lowest BCUT2D eigenvalue weighted by molar-refractivity contribution is -0.153. The summed E-state index contributed by atoms with van der Waals surface area (Å²) < 4.78 is 10.8. The Kier molecular flexibility index (Phi) is 4.36. The van der Waals surface area contributed by atoms with E-state index in [9.17, 15) is 4.79 Å². The van der Waals surface area contributed by atoms with E-state index in [0.717, 1.165) is 11.1 Å². The van der Waals surface area contributed by atoms with Gasteiger partial charge < -0.3 is 20.0 Å². The van der Waals surface area contributed by atoms with Crippen molar-refractivity contribution >= 4 is 12.1 Å². The molecule has 108 valence electrons. The van der Waals surface area contributed by atoms with E-state index in [1.807, 2.05) is 12.1 Å². The number of benzene rings is 1. The van der Waals surface area contributed by atoms with E-state index >= 15 is 0 Å². The Morgan fingerprint density at radius 3 is 2.75 bits per heavy atom. The third-order valence-corrected chi connectivity index (χ3v) is 2.95. The van der Waals surface area contributed by atoms with Crippen molar-refractivity contribution < 1.29 is 19.5 Å². The second kappa shape index (κ2) is 6.02. The van der Waals surface area contributed by atoms with Crippen molar-refractivity contribution in [2.75, 3.05) is 6.61 Å². The average Bonchev–Trinajstić information content (AvgIpc) is 2.78. The van der Waals surface area contributed by atoms with Crippen molar-refractivity contribution in [3.8, 4) is 0 Å². The smallest absolute Gasteiger partial charge is 0.251 e. The Morgan fingerprint density at radius 1 is 1.50 bits per heavy atom. The van der Waals surface area contributed by atoms with Crippen LogP contribution in [0.25, 0.3) is 0 Å².